The van der Waals surface area contributed by atoms with Gasteiger partial charge >= 0.3 is 0 Å². The summed E-state index contributed by atoms with van der Waals surface area (Å²) in [6, 6.07) is 7.92. The van der Waals surface area contributed by atoms with Crippen LogP contribution in [-0.2, 0) is 0 Å². The standard InChI is InChI=1S/C17H23N5OSi/c1-17(2,3)24(4,5)23-13-8-6-7-12(9-13)22-16-14(10-21-22)15(18)19-11-20-16/h6-11H,1-5H3,(H2,18,19,20). The van der Waals surface area contributed by atoms with Crippen LogP contribution in [0.1, 0.15) is 20.8 Å². The van der Waals surface area contributed by atoms with Crippen LogP contribution in [0, 0.1) is 0 Å². The third kappa shape index (κ3) is 2.87. The highest BCUT2D eigenvalue weighted by Crippen LogP contribution is 2.37. The quantitative estimate of drug-likeness (QED) is 0.733. The van der Waals surface area contributed by atoms with E-state index in [0.717, 1.165) is 16.8 Å². The van der Waals surface area contributed by atoms with Gasteiger partial charge in [0, 0.05) is 6.07 Å². The van der Waals surface area contributed by atoms with Crippen LogP contribution in [0.25, 0.3) is 16.7 Å². The molecule has 24 heavy (non-hydrogen) atoms. The Morgan fingerprint density at radius 3 is 2.62 bits per heavy atom. The molecule has 0 bridgehead atoms. The van der Waals surface area contributed by atoms with Crippen molar-refractivity contribution in [3.8, 4) is 11.4 Å². The first kappa shape index (κ1) is 16.4. The van der Waals surface area contributed by atoms with Gasteiger partial charge in [-0.15, -0.1) is 0 Å². The summed E-state index contributed by atoms with van der Waals surface area (Å²) >= 11 is 0. The van der Waals surface area contributed by atoms with Gasteiger partial charge in [0.2, 0.25) is 8.32 Å². The molecule has 0 unspecified atom stereocenters. The molecule has 0 aliphatic carbocycles. The van der Waals surface area contributed by atoms with E-state index in [1.807, 2.05) is 24.3 Å². The maximum Gasteiger partial charge on any atom is 0.250 e. The molecule has 2 N–H and O–H groups in total. The van der Waals surface area contributed by atoms with E-state index >= 15 is 0 Å². The average molecular weight is 341 g/mol. The van der Waals surface area contributed by atoms with E-state index in [4.69, 9.17) is 10.2 Å². The molecule has 2 aromatic heterocycles. The molecule has 0 radical (unpaired) electrons. The van der Waals surface area contributed by atoms with Gasteiger partial charge in [0.05, 0.1) is 17.3 Å². The highest BCUT2D eigenvalue weighted by Gasteiger charge is 2.39. The third-order valence-corrected chi connectivity index (χ3v) is 9.00. The van der Waals surface area contributed by atoms with Crippen LogP contribution in [0.2, 0.25) is 18.1 Å². The highest BCUT2D eigenvalue weighted by atomic mass is 28.4. The van der Waals surface area contributed by atoms with Gasteiger partial charge < -0.3 is 10.2 Å². The van der Waals surface area contributed by atoms with Gasteiger partial charge in [0.15, 0.2) is 5.65 Å². The predicted octanol–water partition coefficient (Wildman–Crippen LogP) is 3.78. The largest absolute Gasteiger partial charge is 0.543 e. The fourth-order valence-electron chi connectivity index (χ4n) is 2.18. The Balaban J connectivity index is 2.00. The van der Waals surface area contributed by atoms with Gasteiger partial charge in [-0.1, -0.05) is 26.8 Å². The van der Waals surface area contributed by atoms with Crippen molar-refractivity contribution in [3.63, 3.8) is 0 Å². The third-order valence-electron chi connectivity index (χ3n) is 4.64. The molecule has 1 aromatic carbocycles. The van der Waals surface area contributed by atoms with Crippen molar-refractivity contribution < 1.29 is 4.43 Å². The summed E-state index contributed by atoms with van der Waals surface area (Å²) in [5.41, 5.74) is 7.46. The lowest BCUT2D eigenvalue weighted by atomic mass is 10.2. The summed E-state index contributed by atoms with van der Waals surface area (Å²) < 4.78 is 8.14. The van der Waals surface area contributed by atoms with Crippen LogP contribution in [0.15, 0.2) is 36.8 Å². The number of anilines is 1. The molecule has 126 valence electrons. The zero-order valence-corrected chi connectivity index (χ0v) is 15.7. The van der Waals surface area contributed by atoms with Crippen molar-refractivity contribution >= 4 is 25.2 Å². The lowest BCUT2D eigenvalue weighted by Crippen LogP contribution is -2.43. The Bertz CT molecular complexity index is 882. The second-order valence-electron chi connectivity index (χ2n) is 7.41. The van der Waals surface area contributed by atoms with Crippen LogP contribution < -0.4 is 10.2 Å². The molecule has 0 amide bonds. The Kier molecular flexibility index (Phi) is 3.83. The van der Waals surface area contributed by atoms with E-state index in [9.17, 15) is 0 Å². The minimum Gasteiger partial charge on any atom is -0.543 e. The minimum absolute atomic E-state index is 0.142. The zero-order valence-electron chi connectivity index (χ0n) is 14.7. The number of aromatic nitrogens is 4. The number of nitrogens with two attached hydrogens (primary N) is 1. The maximum atomic E-state index is 6.38. The Morgan fingerprint density at radius 1 is 1.17 bits per heavy atom. The molecule has 0 atom stereocenters. The first-order valence-electron chi connectivity index (χ1n) is 7.93. The summed E-state index contributed by atoms with van der Waals surface area (Å²) in [7, 11) is -1.89. The summed E-state index contributed by atoms with van der Waals surface area (Å²) in [4.78, 5) is 8.30. The van der Waals surface area contributed by atoms with Gasteiger partial charge in [0.25, 0.3) is 0 Å². The summed E-state index contributed by atoms with van der Waals surface area (Å²) in [5.74, 6) is 1.28. The Hall–Kier alpha value is -2.41. The number of hydrogen-bond donors (Lipinski definition) is 1. The molecule has 0 saturated heterocycles. The summed E-state index contributed by atoms with van der Waals surface area (Å²) in [6.07, 6.45) is 3.14. The molecular weight excluding hydrogens is 318 g/mol. The molecule has 6 nitrogen and oxygen atoms in total. The summed E-state index contributed by atoms with van der Waals surface area (Å²) in [5, 5.41) is 5.29. The van der Waals surface area contributed by atoms with E-state index in [2.05, 4.69) is 48.9 Å². The number of benzene rings is 1. The average Bonchev–Trinajstić information content (AvgIpc) is 2.91. The Morgan fingerprint density at radius 2 is 1.92 bits per heavy atom. The van der Waals surface area contributed by atoms with Crippen molar-refractivity contribution in [1.29, 1.82) is 0 Å². The number of fused-ring (bicyclic) bond motifs is 1. The van der Waals surface area contributed by atoms with Gasteiger partial charge in [-0.25, -0.2) is 14.6 Å². The van der Waals surface area contributed by atoms with Gasteiger partial charge in [0.1, 0.15) is 17.9 Å². The second-order valence-corrected chi connectivity index (χ2v) is 12.1. The van der Waals surface area contributed by atoms with E-state index in [1.165, 1.54) is 6.33 Å². The number of hydrogen-bond acceptors (Lipinski definition) is 5. The number of nitrogens with zero attached hydrogens (tertiary/aromatic N) is 4. The van der Waals surface area contributed by atoms with Crippen molar-refractivity contribution in [2.75, 3.05) is 5.73 Å². The van der Waals surface area contributed by atoms with E-state index < -0.39 is 8.32 Å². The maximum absolute atomic E-state index is 6.38. The van der Waals surface area contributed by atoms with Crippen LogP contribution >= 0.6 is 0 Å². The van der Waals surface area contributed by atoms with Gasteiger partial charge in [-0.05, 0) is 30.3 Å². The van der Waals surface area contributed by atoms with E-state index in [1.54, 1.807) is 10.9 Å². The SMILES string of the molecule is CC(C)(C)[Si](C)(C)Oc1cccc(-n2ncc3c(N)ncnc32)c1. The van der Waals surface area contributed by atoms with Crippen LogP contribution in [0.3, 0.4) is 0 Å². The molecule has 7 heteroatoms. The number of rotatable bonds is 3. The molecule has 2 heterocycles. The van der Waals surface area contributed by atoms with Crippen LogP contribution in [0.4, 0.5) is 5.82 Å². The monoisotopic (exact) mass is 341 g/mol. The summed E-state index contributed by atoms with van der Waals surface area (Å²) in [6.45, 7) is 11.1. The van der Waals surface area contributed by atoms with Gasteiger partial charge in [-0.2, -0.15) is 5.10 Å². The lowest BCUT2D eigenvalue weighted by molar-refractivity contribution is 0.492. The molecular formula is C17H23N5OSi. The molecule has 0 aliphatic rings. The predicted molar refractivity (Wildman–Crippen MR) is 98.9 cm³/mol. The van der Waals surface area contributed by atoms with Crippen molar-refractivity contribution in [3.05, 3.63) is 36.8 Å². The number of nitrogen functional groups attached to an aromatic ring is 1. The zero-order chi connectivity index (χ0) is 17.5. The molecule has 3 aromatic rings. The van der Waals surface area contributed by atoms with Crippen molar-refractivity contribution in [1.82, 2.24) is 19.7 Å². The smallest absolute Gasteiger partial charge is 0.250 e. The molecule has 0 saturated carbocycles. The molecule has 3 rings (SSSR count). The molecule has 0 aliphatic heterocycles. The second kappa shape index (κ2) is 5.59. The lowest BCUT2D eigenvalue weighted by Gasteiger charge is -2.36. The van der Waals surface area contributed by atoms with E-state index in [-0.39, 0.29) is 5.04 Å². The minimum atomic E-state index is -1.89. The topological polar surface area (TPSA) is 78.9 Å². The molecule has 0 spiro atoms. The van der Waals surface area contributed by atoms with Crippen LogP contribution in [0.5, 0.6) is 5.75 Å². The fourth-order valence-corrected chi connectivity index (χ4v) is 3.20. The van der Waals surface area contributed by atoms with Crippen LogP contribution in [-0.4, -0.2) is 28.1 Å². The first-order valence-corrected chi connectivity index (χ1v) is 10.8. The normalized spacial score (nSPS) is 12.5. The first-order chi connectivity index (χ1) is 11.2. The van der Waals surface area contributed by atoms with Crippen molar-refractivity contribution in [2.24, 2.45) is 0 Å². The fraction of sp³-hybridized carbons (Fsp3) is 0.353. The van der Waals surface area contributed by atoms with E-state index in [0.29, 0.717) is 11.5 Å². The van der Waals surface area contributed by atoms with Gasteiger partial charge in [-0.3, -0.25) is 0 Å². The van der Waals surface area contributed by atoms with Crippen molar-refractivity contribution in [2.45, 2.75) is 38.9 Å². The molecule has 0 fully saturated rings. The highest BCUT2D eigenvalue weighted by molar-refractivity contribution is 6.74. The Labute approximate surface area is 142 Å².